The van der Waals surface area contributed by atoms with E-state index in [1.54, 1.807) is 4.90 Å². The molecule has 0 fully saturated rings. The zero-order chi connectivity index (χ0) is 10.9. The molecule has 1 atom stereocenters. The average Bonchev–Trinajstić information content (AvgIpc) is 2.28. The molecule has 15 heavy (non-hydrogen) atoms. The standard InChI is InChI=1S/C12H15NO2/c1-3-12(2)8-13(9-14)10-6-4-5-7-11(10)15-12/h4-7,9H,3,8H2,1-2H3. The van der Waals surface area contributed by atoms with Crippen molar-refractivity contribution in [2.75, 3.05) is 11.4 Å². The first-order valence-electron chi connectivity index (χ1n) is 5.18. The van der Waals surface area contributed by atoms with Crippen molar-refractivity contribution in [2.24, 2.45) is 0 Å². The molecule has 0 aromatic heterocycles. The van der Waals surface area contributed by atoms with Gasteiger partial charge in [0.05, 0.1) is 12.2 Å². The fraction of sp³-hybridized carbons (Fsp3) is 0.417. The smallest absolute Gasteiger partial charge is 0.214 e. The van der Waals surface area contributed by atoms with E-state index in [9.17, 15) is 4.79 Å². The zero-order valence-electron chi connectivity index (χ0n) is 9.06. The van der Waals surface area contributed by atoms with Crippen molar-refractivity contribution in [1.29, 1.82) is 0 Å². The summed E-state index contributed by atoms with van der Waals surface area (Å²) in [6.45, 7) is 4.71. The number of carbonyl (C=O) groups excluding carboxylic acids is 1. The van der Waals surface area contributed by atoms with E-state index in [0.717, 1.165) is 24.3 Å². The van der Waals surface area contributed by atoms with Gasteiger partial charge in [0.2, 0.25) is 6.41 Å². The highest BCUT2D eigenvalue weighted by molar-refractivity contribution is 5.80. The Morgan fingerprint density at radius 1 is 1.53 bits per heavy atom. The van der Waals surface area contributed by atoms with Crippen LogP contribution >= 0.6 is 0 Å². The summed E-state index contributed by atoms with van der Waals surface area (Å²) >= 11 is 0. The quantitative estimate of drug-likeness (QED) is 0.693. The minimum absolute atomic E-state index is 0.269. The molecule has 0 aliphatic carbocycles. The van der Waals surface area contributed by atoms with E-state index < -0.39 is 0 Å². The molecule has 80 valence electrons. The Morgan fingerprint density at radius 3 is 2.93 bits per heavy atom. The number of benzene rings is 1. The van der Waals surface area contributed by atoms with E-state index >= 15 is 0 Å². The molecule has 1 aromatic rings. The number of hydrogen-bond acceptors (Lipinski definition) is 2. The van der Waals surface area contributed by atoms with Crippen LogP contribution in [0.3, 0.4) is 0 Å². The second-order valence-corrected chi connectivity index (χ2v) is 4.11. The molecule has 1 aliphatic rings. The third-order valence-corrected chi connectivity index (χ3v) is 2.91. The van der Waals surface area contributed by atoms with Crippen LogP contribution in [-0.2, 0) is 4.79 Å². The van der Waals surface area contributed by atoms with Crippen LogP contribution in [-0.4, -0.2) is 18.6 Å². The van der Waals surface area contributed by atoms with Crippen molar-refractivity contribution in [1.82, 2.24) is 0 Å². The molecule has 0 saturated heterocycles. The van der Waals surface area contributed by atoms with Gasteiger partial charge in [-0.1, -0.05) is 19.1 Å². The third kappa shape index (κ3) is 1.69. The lowest BCUT2D eigenvalue weighted by Crippen LogP contribution is -2.48. The van der Waals surface area contributed by atoms with E-state index in [1.165, 1.54) is 0 Å². The Labute approximate surface area is 89.7 Å². The fourth-order valence-corrected chi connectivity index (χ4v) is 1.80. The molecule has 1 heterocycles. The maximum absolute atomic E-state index is 11.0. The molecule has 1 aromatic carbocycles. The second kappa shape index (κ2) is 3.57. The van der Waals surface area contributed by atoms with E-state index in [2.05, 4.69) is 6.92 Å². The lowest BCUT2D eigenvalue weighted by Gasteiger charge is -2.39. The summed E-state index contributed by atoms with van der Waals surface area (Å²) in [5, 5.41) is 0. The molecule has 2 rings (SSSR count). The Kier molecular flexibility index (Phi) is 2.39. The number of anilines is 1. The normalized spacial score (nSPS) is 24.3. The third-order valence-electron chi connectivity index (χ3n) is 2.91. The summed E-state index contributed by atoms with van der Waals surface area (Å²) in [6.07, 6.45) is 1.75. The van der Waals surface area contributed by atoms with E-state index in [1.807, 2.05) is 31.2 Å². The number of fused-ring (bicyclic) bond motifs is 1. The number of para-hydroxylation sites is 2. The van der Waals surface area contributed by atoms with Crippen LogP contribution in [0.25, 0.3) is 0 Å². The van der Waals surface area contributed by atoms with Crippen LogP contribution in [0, 0.1) is 0 Å². The Morgan fingerprint density at radius 2 is 2.27 bits per heavy atom. The molecule has 0 bridgehead atoms. The highest BCUT2D eigenvalue weighted by Crippen LogP contribution is 2.36. The Hall–Kier alpha value is -1.51. The minimum Gasteiger partial charge on any atom is -0.484 e. The highest BCUT2D eigenvalue weighted by Gasteiger charge is 2.33. The van der Waals surface area contributed by atoms with Crippen LogP contribution in [0.15, 0.2) is 24.3 Å². The number of ether oxygens (including phenoxy) is 1. The number of rotatable bonds is 2. The highest BCUT2D eigenvalue weighted by atomic mass is 16.5. The van der Waals surface area contributed by atoms with Crippen molar-refractivity contribution in [2.45, 2.75) is 25.9 Å². The van der Waals surface area contributed by atoms with Crippen LogP contribution in [0.5, 0.6) is 5.75 Å². The maximum Gasteiger partial charge on any atom is 0.214 e. The summed E-state index contributed by atoms with van der Waals surface area (Å²) in [4.78, 5) is 12.7. The van der Waals surface area contributed by atoms with Crippen LogP contribution in [0.4, 0.5) is 5.69 Å². The van der Waals surface area contributed by atoms with Gasteiger partial charge in [0.1, 0.15) is 11.4 Å². The van der Waals surface area contributed by atoms with Gasteiger partial charge >= 0.3 is 0 Å². The van der Waals surface area contributed by atoms with Gasteiger partial charge in [0.25, 0.3) is 0 Å². The number of nitrogens with zero attached hydrogens (tertiary/aromatic N) is 1. The lowest BCUT2D eigenvalue weighted by molar-refractivity contribution is -0.108. The summed E-state index contributed by atoms with van der Waals surface area (Å²) in [7, 11) is 0. The zero-order valence-corrected chi connectivity index (χ0v) is 9.06. The molecule has 0 saturated carbocycles. The predicted octanol–water partition coefficient (Wildman–Crippen LogP) is 2.21. The maximum atomic E-state index is 11.0. The van der Waals surface area contributed by atoms with Crippen LogP contribution in [0.1, 0.15) is 20.3 Å². The monoisotopic (exact) mass is 205 g/mol. The molecule has 0 spiro atoms. The first kappa shape index (κ1) is 10.0. The first-order valence-corrected chi connectivity index (χ1v) is 5.18. The molecule has 1 amide bonds. The number of carbonyl (C=O) groups is 1. The molecular weight excluding hydrogens is 190 g/mol. The number of hydrogen-bond donors (Lipinski definition) is 0. The topological polar surface area (TPSA) is 29.5 Å². The molecule has 3 heteroatoms. The second-order valence-electron chi connectivity index (χ2n) is 4.11. The molecule has 1 aliphatic heterocycles. The predicted molar refractivity (Wildman–Crippen MR) is 59.2 cm³/mol. The Bertz CT molecular complexity index is 378. The van der Waals surface area contributed by atoms with Gasteiger partial charge in [-0.25, -0.2) is 0 Å². The molecular formula is C12H15NO2. The van der Waals surface area contributed by atoms with Crippen molar-refractivity contribution in [3.05, 3.63) is 24.3 Å². The van der Waals surface area contributed by atoms with E-state index in [4.69, 9.17) is 4.74 Å². The van der Waals surface area contributed by atoms with Crippen molar-refractivity contribution < 1.29 is 9.53 Å². The summed E-state index contributed by atoms with van der Waals surface area (Å²) in [6, 6.07) is 7.63. The Balaban J connectivity index is 2.42. The van der Waals surface area contributed by atoms with Gasteiger partial charge in [0.15, 0.2) is 0 Å². The van der Waals surface area contributed by atoms with Crippen molar-refractivity contribution in [3.63, 3.8) is 0 Å². The van der Waals surface area contributed by atoms with E-state index in [-0.39, 0.29) is 5.60 Å². The molecule has 0 N–H and O–H groups in total. The largest absolute Gasteiger partial charge is 0.484 e. The van der Waals surface area contributed by atoms with Gasteiger partial charge in [-0.15, -0.1) is 0 Å². The summed E-state index contributed by atoms with van der Waals surface area (Å²) in [5.41, 5.74) is 0.591. The van der Waals surface area contributed by atoms with Crippen molar-refractivity contribution in [3.8, 4) is 5.75 Å². The van der Waals surface area contributed by atoms with Crippen LogP contribution in [0.2, 0.25) is 0 Å². The van der Waals surface area contributed by atoms with Crippen molar-refractivity contribution >= 4 is 12.1 Å². The molecule has 1 unspecified atom stereocenters. The SMILES string of the molecule is CCC1(C)CN(C=O)c2ccccc2O1. The van der Waals surface area contributed by atoms with Gasteiger partial charge in [0, 0.05) is 0 Å². The lowest BCUT2D eigenvalue weighted by atomic mass is 10.00. The molecule has 0 radical (unpaired) electrons. The van der Waals surface area contributed by atoms with Gasteiger partial charge < -0.3 is 9.64 Å². The summed E-state index contributed by atoms with van der Waals surface area (Å²) in [5.74, 6) is 0.792. The summed E-state index contributed by atoms with van der Waals surface area (Å²) < 4.78 is 5.90. The van der Waals surface area contributed by atoms with Gasteiger partial charge in [-0.05, 0) is 25.5 Å². The minimum atomic E-state index is -0.269. The first-order chi connectivity index (χ1) is 7.18. The van der Waals surface area contributed by atoms with E-state index in [0.29, 0.717) is 6.54 Å². The molecule has 3 nitrogen and oxygen atoms in total. The average molecular weight is 205 g/mol. The van der Waals surface area contributed by atoms with Crippen LogP contribution < -0.4 is 9.64 Å². The fourth-order valence-electron chi connectivity index (χ4n) is 1.80. The van der Waals surface area contributed by atoms with Gasteiger partial charge in [-0.2, -0.15) is 0 Å². The van der Waals surface area contributed by atoms with Gasteiger partial charge in [-0.3, -0.25) is 4.79 Å². The number of amides is 1.